The topological polar surface area (TPSA) is 70.8 Å². The maximum atomic E-state index is 14.7. The summed E-state index contributed by atoms with van der Waals surface area (Å²) in [5, 5.41) is 7.32. The second-order valence-electron chi connectivity index (χ2n) is 8.23. The van der Waals surface area contributed by atoms with E-state index >= 15 is 0 Å². The quantitative estimate of drug-likeness (QED) is 0.625. The van der Waals surface area contributed by atoms with Gasteiger partial charge in [0.1, 0.15) is 29.3 Å². The number of halogens is 2. The number of likely N-dealkylation sites (N-methyl/N-ethyl adjacent to an activating group) is 1. The van der Waals surface area contributed by atoms with Crippen LogP contribution in [0.15, 0.2) is 60.0 Å². The van der Waals surface area contributed by atoms with Gasteiger partial charge in [-0.2, -0.15) is 5.10 Å². The Bertz CT molecular complexity index is 1250. The van der Waals surface area contributed by atoms with Gasteiger partial charge in [-0.15, -0.1) is 0 Å². The summed E-state index contributed by atoms with van der Waals surface area (Å²) in [5.41, 5.74) is 0.969. The molecular weight excluding hydrogens is 440 g/mol. The zero-order valence-electron chi connectivity index (χ0n) is 18.9. The Kier molecular flexibility index (Phi) is 5.97. The lowest BCUT2D eigenvalue weighted by Gasteiger charge is -2.33. The van der Waals surface area contributed by atoms with Gasteiger partial charge >= 0.3 is 0 Å². The molecule has 8 nitrogen and oxygen atoms in total. The van der Waals surface area contributed by atoms with Crippen LogP contribution in [0.3, 0.4) is 0 Å². The minimum atomic E-state index is -0.464. The molecule has 1 aromatic carbocycles. The number of nitrogens with zero attached hydrogens (tertiary/aromatic N) is 6. The van der Waals surface area contributed by atoms with Crippen LogP contribution in [0.5, 0.6) is 5.75 Å². The SMILES string of the molecule is COc1cccc(F)c1C1=NC(c2cnn(-c3nc(N4CCN(C)CC4)ccc3F)c2)C=CN1. The third-order valence-electron chi connectivity index (χ3n) is 6.00. The monoisotopic (exact) mass is 465 g/mol. The normalized spacial score (nSPS) is 18.5. The number of anilines is 1. The van der Waals surface area contributed by atoms with Crippen molar-refractivity contribution in [2.75, 3.05) is 45.2 Å². The Balaban J connectivity index is 1.43. The van der Waals surface area contributed by atoms with E-state index in [2.05, 4.69) is 37.2 Å². The number of rotatable bonds is 5. The smallest absolute Gasteiger partial charge is 0.191 e. The predicted octanol–water partition coefficient (Wildman–Crippen LogP) is 2.91. The van der Waals surface area contributed by atoms with E-state index in [4.69, 9.17) is 4.74 Å². The van der Waals surface area contributed by atoms with Crippen molar-refractivity contribution < 1.29 is 13.5 Å². The summed E-state index contributed by atoms with van der Waals surface area (Å²) < 4.78 is 35.9. The van der Waals surface area contributed by atoms with Crippen LogP contribution in [-0.4, -0.2) is 65.8 Å². The Morgan fingerprint density at radius 2 is 1.88 bits per heavy atom. The van der Waals surface area contributed by atoms with E-state index in [1.807, 2.05) is 6.08 Å². The van der Waals surface area contributed by atoms with E-state index in [0.29, 0.717) is 11.6 Å². The number of piperazine rings is 1. The largest absolute Gasteiger partial charge is 0.496 e. The van der Waals surface area contributed by atoms with E-state index < -0.39 is 17.7 Å². The number of hydrogen-bond donors (Lipinski definition) is 1. The van der Waals surface area contributed by atoms with E-state index in [-0.39, 0.29) is 11.4 Å². The minimum absolute atomic E-state index is 0.126. The molecule has 0 bridgehead atoms. The summed E-state index contributed by atoms with van der Waals surface area (Å²) in [7, 11) is 3.56. The van der Waals surface area contributed by atoms with Crippen molar-refractivity contribution >= 4 is 11.7 Å². The van der Waals surface area contributed by atoms with Gasteiger partial charge in [-0.25, -0.2) is 18.4 Å². The van der Waals surface area contributed by atoms with Crippen LogP contribution >= 0.6 is 0 Å². The molecule has 0 spiro atoms. The van der Waals surface area contributed by atoms with Gasteiger partial charge in [-0.1, -0.05) is 6.07 Å². The Hall–Kier alpha value is -3.79. The highest BCUT2D eigenvalue weighted by Crippen LogP contribution is 2.27. The molecule has 10 heteroatoms. The Morgan fingerprint density at radius 1 is 1.06 bits per heavy atom. The summed E-state index contributed by atoms with van der Waals surface area (Å²) in [4.78, 5) is 13.6. The first-order valence-corrected chi connectivity index (χ1v) is 11.0. The molecule has 0 saturated carbocycles. The van der Waals surface area contributed by atoms with Crippen LogP contribution in [0.4, 0.5) is 14.6 Å². The van der Waals surface area contributed by atoms with Crippen molar-refractivity contribution in [3.05, 3.63) is 77.8 Å². The molecule has 0 aliphatic carbocycles. The Morgan fingerprint density at radius 3 is 2.68 bits per heavy atom. The van der Waals surface area contributed by atoms with Crippen LogP contribution in [0.1, 0.15) is 17.2 Å². The van der Waals surface area contributed by atoms with Crippen molar-refractivity contribution in [1.82, 2.24) is 25.0 Å². The molecule has 3 aromatic rings. The highest BCUT2D eigenvalue weighted by Gasteiger charge is 2.22. The van der Waals surface area contributed by atoms with E-state index in [0.717, 1.165) is 37.6 Å². The number of nitrogens with one attached hydrogen (secondary N) is 1. The number of hydrogen-bond acceptors (Lipinski definition) is 7. The van der Waals surface area contributed by atoms with E-state index in [9.17, 15) is 8.78 Å². The van der Waals surface area contributed by atoms with Gasteiger partial charge in [0, 0.05) is 44.1 Å². The molecule has 5 rings (SSSR count). The molecule has 34 heavy (non-hydrogen) atoms. The summed E-state index contributed by atoms with van der Waals surface area (Å²) in [6.45, 7) is 3.51. The van der Waals surface area contributed by atoms with Gasteiger partial charge < -0.3 is 19.9 Å². The summed E-state index contributed by atoms with van der Waals surface area (Å²) in [5.74, 6) is 0.659. The second kappa shape index (κ2) is 9.22. The van der Waals surface area contributed by atoms with Crippen LogP contribution < -0.4 is 15.0 Å². The zero-order valence-corrected chi connectivity index (χ0v) is 18.9. The summed E-state index contributed by atoms with van der Waals surface area (Å²) >= 11 is 0. The molecular formula is C24H25F2N7O. The highest BCUT2D eigenvalue weighted by molar-refractivity contribution is 6.02. The fraction of sp³-hybridized carbons (Fsp3) is 0.292. The lowest BCUT2D eigenvalue weighted by atomic mass is 10.1. The number of ether oxygens (including phenoxy) is 1. The van der Waals surface area contributed by atoms with Gasteiger partial charge in [0.15, 0.2) is 11.6 Å². The molecule has 4 heterocycles. The van der Waals surface area contributed by atoms with Gasteiger partial charge in [0.25, 0.3) is 0 Å². The average molecular weight is 466 g/mol. The van der Waals surface area contributed by atoms with Gasteiger partial charge in [-0.05, 0) is 37.4 Å². The van der Waals surface area contributed by atoms with Gasteiger partial charge in [0.05, 0.1) is 18.9 Å². The summed E-state index contributed by atoms with van der Waals surface area (Å²) in [6.07, 6.45) is 6.83. The molecule has 1 N–H and O–H groups in total. The highest BCUT2D eigenvalue weighted by atomic mass is 19.1. The Labute approximate surface area is 196 Å². The van der Waals surface area contributed by atoms with Crippen molar-refractivity contribution in [2.24, 2.45) is 4.99 Å². The van der Waals surface area contributed by atoms with Crippen molar-refractivity contribution in [1.29, 1.82) is 0 Å². The van der Waals surface area contributed by atoms with E-state index in [1.165, 1.54) is 23.9 Å². The molecule has 176 valence electrons. The lowest BCUT2D eigenvalue weighted by molar-refractivity contribution is 0.312. The lowest BCUT2D eigenvalue weighted by Crippen LogP contribution is -2.44. The molecule has 2 aliphatic rings. The van der Waals surface area contributed by atoms with Crippen molar-refractivity contribution in [2.45, 2.75) is 6.04 Å². The second-order valence-corrected chi connectivity index (χ2v) is 8.23. The molecule has 1 atom stereocenters. The third kappa shape index (κ3) is 4.24. The zero-order chi connectivity index (χ0) is 23.7. The number of methoxy groups -OCH3 is 1. The van der Waals surface area contributed by atoms with Crippen LogP contribution in [0, 0.1) is 11.6 Å². The number of pyridine rings is 1. The molecule has 1 saturated heterocycles. The first-order valence-electron chi connectivity index (χ1n) is 11.0. The standard InChI is InChI=1S/C24H25F2N7O/c1-31-10-12-32(13-11-31)21-7-6-18(26)24(30-21)33-15-16(14-28-33)19-8-9-27-23(29-19)22-17(25)4-3-5-20(22)34-2/h3-9,14-15,19H,10-13H2,1-2H3,(H,27,29). The number of aliphatic imine (C=N–C) groups is 1. The molecule has 2 aliphatic heterocycles. The van der Waals surface area contributed by atoms with Gasteiger partial charge in [0.2, 0.25) is 0 Å². The van der Waals surface area contributed by atoms with Crippen molar-refractivity contribution in [3.63, 3.8) is 0 Å². The van der Waals surface area contributed by atoms with Crippen LogP contribution in [0.25, 0.3) is 5.82 Å². The maximum Gasteiger partial charge on any atom is 0.191 e. The third-order valence-corrected chi connectivity index (χ3v) is 6.00. The van der Waals surface area contributed by atoms with E-state index in [1.54, 1.807) is 36.8 Å². The predicted molar refractivity (Wildman–Crippen MR) is 126 cm³/mol. The molecule has 0 radical (unpaired) electrons. The first kappa shape index (κ1) is 22.0. The minimum Gasteiger partial charge on any atom is -0.496 e. The summed E-state index contributed by atoms with van der Waals surface area (Å²) in [6, 6.07) is 7.30. The van der Waals surface area contributed by atoms with Crippen LogP contribution in [0.2, 0.25) is 0 Å². The molecule has 1 unspecified atom stereocenters. The molecule has 2 aromatic heterocycles. The number of benzene rings is 1. The number of aromatic nitrogens is 3. The fourth-order valence-corrected chi connectivity index (χ4v) is 4.06. The molecule has 1 fully saturated rings. The first-order chi connectivity index (χ1) is 16.5. The van der Waals surface area contributed by atoms with Gasteiger partial charge in [-0.3, -0.25) is 4.99 Å². The fourth-order valence-electron chi connectivity index (χ4n) is 4.06. The molecule has 0 amide bonds. The maximum absolute atomic E-state index is 14.7. The van der Waals surface area contributed by atoms with Crippen LogP contribution in [-0.2, 0) is 0 Å². The average Bonchev–Trinajstić information content (AvgIpc) is 3.35. The van der Waals surface area contributed by atoms with Crippen molar-refractivity contribution in [3.8, 4) is 11.6 Å². The number of amidine groups is 1.